The van der Waals surface area contributed by atoms with Crippen molar-refractivity contribution in [3.63, 3.8) is 0 Å². The van der Waals surface area contributed by atoms with Crippen LogP contribution in [0, 0.1) is 5.41 Å². The number of aryl methyl sites for hydroxylation is 2. The highest BCUT2D eigenvalue weighted by Crippen LogP contribution is 2.30. The molecule has 0 unspecified atom stereocenters. The summed E-state index contributed by atoms with van der Waals surface area (Å²) in [6.07, 6.45) is 12.5. The standard InChI is InChI=1S/C22H36N2OS/c1-3-22(4-2,17-24-13-9-10-14-24)16-23-21(25)20-15-18-11-7-5-6-8-12-19(18)26-20/h15H,3-14,16-17H2,1-2H3,(H,23,25). The smallest absolute Gasteiger partial charge is 0.261 e. The van der Waals surface area contributed by atoms with Crippen molar-refractivity contribution >= 4 is 17.2 Å². The Morgan fingerprint density at radius 3 is 2.46 bits per heavy atom. The van der Waals surface area contributed by atoms with Gasteiger partial charge in [0, 0.05) is 18.0 Å². The summed E-state index contributed by atoms with van der Waals surface area (Å²) in [6, 6.07) is 2.18. The van der Waals surface area contributed by atoms with Crippen molar-refractivity contribution in [2.45, 2.75) is 78.1 Å². The van der Waals surface area contributed by atoms with E-state index >= 15 is 0 Å². The summed E-state index contributed by atoms with van der Waals surface area (Å²) in [7, 11) is 0. The Morgan fingerprint density at radius 1 is 1.08 bits per heavy atom. The molecule has 3 rings (SSSR count). The fraction of sp³-hybridized carbons (Fsp3) is 0.773. The summed E-state index contributed by atoms with van der Waals surface area (Å²) in [5, 5.41) is 3.30. The molecule has 0 atom stereocenters. The molecule has 0 bridgehead atoms. The lowest BCUT2D eigenvalue weighted by atomic mass is 9.81. The van der Waals surface area contributed by atoms with Crippen molar-refractivity contribution < 1.29 is 4.79 Å². The van der Waals surface area contributed by atoms with Crippen LogP contribution in [0.5, 0.6) is 0 Å². The van der Waals surface area contributed by atoms with E-state index in [2.05, 4.69) is 30.1 Å². The molecule has 26 heavy (non-hydrogen) atoms. The maximum Gasteiger partial charge on any atom is 0.261 e. The second-order valence-electron chi connectivity index (χ2n) is 8.35. The van der Waals surface area contributed by atoms with Gasteiger partial charge in [-0.1, -0.05) is 26.7 Å². The van der Waals surface area contributed by atoms with Gasteiger partial charge in [0.05, 0.1) is 4.88 Å². The van der Waals surface area contributed by atoms with Crippen LogP contribution in [0.2, 0.25) is 0 Å². The number of hydrogen-bond donors (Lipinski definition) is 1. The fourth-order valence-corrected chi connectivity index (χ4v) is 5.68. The molecular weight excluding hydrogens is 340 g/mol. The summed E-state index contributed by atoms with van der Waals surface area (Å²) in [4.78, 5) is 17.8. The molecule has 1 aromatic rings. The zero-order chi connectivity index (χ0) is 18.4. The molecule has 0 spiro atoms. The summed E-state index contributed by atoms with van der Waals surface area (Å²) < 4.78 is 0. The molecule has 1 N–H and O–H groups in total. The van der Waals surface area contributed by atoms with Gasteiger partial charge in [0.25, 0.3) is 5.91 Å². The average Bonchev–Trinajstić information content (AvgIpc) is 3.28. The normalized spacial score (nSPS) is 19.0. The number of carbonyl (C=O) groups excluding carboxylic acids is 1. The monoisotopic (exact) mass is 376 g/mol. The van der Waals surface area contributed by atoms with Gasteiger partial charge in [0.2, 0.25) is 0 Å². The van der Waals surface area contributed by atoms with Gasteiger partial charge in [-0.15, -0.1) is 11.3 Å². The zero-order valence-electron chi connectivity index (χ0n) is 16.7. The topological polar surface area (TPSA) is 32.3 Å². The number of rotatable bonds is 7. The molecule has 146 valence electrons. The third-order valence-electron chi connectivity index (χ3n) is 6.60. The molecule has 1 aliphatic carbocycles. The van der Waals surface area contributed by atoms with Gasteiger partial charge in [0.15, 0.2) is 0 Å². The number of hydrogen-bond acceptors (Lipinski definition) is 3. The lowest BCUT2D eigenvalue weighted by molar-refractivity contribution is 0.0905. The van der Waals surface area contributed by atoms with Crippen molar-refractivity contribution in [3.05, 3.63) is 21.4 Å². The maximum absolute atomic E-state index is 12.8. The second-order valence-corrected chi connectivity index (χ2v) is 9.48. The van der Waals surface area contributed by atoms with Crippen LogP contribution < -0.4 is 5.32 Å². The minimum absolute atomic E-state index is 0.148. The van der Waals surface area contributed by atoms with Crippen LogP contribution in [0.4, 0.5) is 0 Å². The number of amides is 1. The van der Waals surface area contributed by atoms with Crippen LogP contribution >= 0.6 is 11.3 Å². The van der Waals surface area contributed by atoms with Gasteiger partial charge in [-0.25, -0.2) is 0 Å². The Morgan fingerprint density at radius 2 is 1.77 bits per heavy atom. The van der Waals surface area contributed by atoms with Gasteiger partial charge >= 0.3 is 0 Å². The van der Waals surface area contributed by atoms with E-state index in [4.69, 9.17) is 0 Å². The minimum atomic E-state index is 0.148. The molecule has 4 heteroatoms. The minimum Gasteiger partial charge on any atom is -0.351 e. The first-order chi connectivity index (χ1) is 12.7. The first kappa shape index (κ1) is 19.9. The van der Waals surface area contributed by atoms with Crippen LogP contribution in [0.3, 0.4) is 0 Å². The van der Waals surface area contributed by atoms with E-state index in [0.29, 0.717) is 0 Å². The summed E-state index contributed by atoms with van der Waals surface area (Å²) >= 11 is 1.74. The zero-order valence-corrected chi connectivity index (χ0v) is 17.6. The van der Waals surface area contributed by atoms with Gasteiger partial charge < -0.3 is 10.2 Å². The highest BCUT2D eigenvalue weighted by molar-refractivity contribution is 7.14. The van der Waals surface area contributed by atoms with E-state index in [-0.39, 0.29) is 11.3 Å². The van der Waals surface area contributed by atoms with E-state index < -0.39 is 0 Å². The van der Waals surface area contributed by atoms with Crippen LogP contribution in [0.15, 0.2) is 6.07 Å². The van der Waals surface area contributed by atoms with Gasteiger partial charge in [0.1, 0.15) is 0 Å². The first-order valence-corrected chi connectivity index (χ1v) is 11.6. The summed E-state index contributed by atoms with van der Waals surface area (Å²) in [5.74, 6) is 0.148. The van der Waals surface area contributed by atoms with Crippen LogP contribution in [-0.4, -0.2) is 37.0 Å². The molecular formula is C22H36N2OS. The Balaban J connectivity index is 1.61. The highest BCUT2D eigenvalue weighted by Gasteiger charge is 2.30. The predicted molar refractivity (Wildman–Crippen MR) is 111 cm³/mol. The van der Waals surface area contributed by atoms with E-state index in [1.54, 1.807) is 11.3 Å². The molecule has 0 radical (unpaired) electrons. The van der Waals surface area contributed by atoms with Crippen molar-refractivity contribution in [1.29, 1.82) is 0 Å². The van der Waals surface area contributed by atoms with Crippen LogP contribution in [-0.2, 0) is 12.8 Å². The van der Waals surface area contributed by atoms with Crippen LogP contribution in [0.25, 0.3) is 0 Å². The number of thiophene rings is 1. The molecule has 1 aromatic heterocycles. The molecule has 0 aromatic carbocycles. The average molecular weight is 377 g/mol. The fourth-order valence-electron chi connectivity index (χ4n) is 4.51. The van der Waals surface area contributed by atoms with E-state index in [1.165, 1.54) is 62.1 Å². The molecule has 3 nitrogen and oxygen atoms in total. The quantitative estimate of drug-likeness (QED) is 0.723. The number of fused-ring (bicyclic) bond motifs is 1. The van der Waals surface area contributed by atoms with Gasteiger partial charge in [-0.3, -0.25) is 4.79 Å². The van der Waals surface area contributed by atoms with Crippen molar-refractivity contribution in [2.75, 3.05) is 26.2 Å². The van der Waals surface area contributed by atoms with Crippen molar-refractivity contribution in [2.24, 2.45) is 5.41 Å². The molecule has 2 heterocycles. The first-order valence-electron chi connectivity index (χ1n) is 10.8. The number of nitrogens with one attached hydrogen (secondary N) is 1. The summed E-state index contributed by atoms with van der Waals surface area (Å²) in [6.45, 7) is 8.95. The van der Waals surface area contributed by atoms with Crippen LogP contribution in [0.1, 0.15) is 85.3 Å². The predicted octanol–water partition coefficient (Wildman–Crippen LogP) is 5.04. The van der Waals surface area contributed by atoms with Crippen molar-refractivity contribution in [3.8, 4) is 0 Å². The Kier molecular flexibility index (Phi) is 7.16. The molecule has 1 saturated heterocycles. The Bertz CT molecular complexity index is 559. The molecule has 1 aliphatic heterocycles. The molecule has 0 saturated carbocycles. The van der Waals surface area contributed by atoms with Crippen molar-refractivity contribution in [1.82, 2.24) is 10.2 Å². The number of carbonyl (C=O) groups is 1. The largest absolute Gasteiger partial charge is 0.351 e. The van der Waals surface area contributed by atoms with E-state index in [1.807, 2.05) is 0 Å². The van der Waals surface area contributed by atoms with E-state index in [0.717, 1.165) is 43.6 Å². The third kappa shape index (κ3) is 4.89. The maximum atomic E-state index is 12.8. The molecule has 2 aliphatic rings. The number of likely N-dealkylation sites (tertiary alicyclic amines) is 1. The lowest BCUT2D eigenvalue weighted by Gasteiger charge is -2.35. The highest BCUT2D eigenvalue weighted by atomic mass is 32.1. The Labute approximate surface area is 163 Å². The Hall–Kier alpha value is -0.870. The second kappa shape index (κ2) is 9.36. The van der Waals surface area contributed by atoms with Gasteiger partial charge in [-0.05, 0) is 81.5 Å². The lowest BCUT2D eigenvalue weighted by Crippen LogP contribution is -2.44. The molecule has 1 fully saturated rings. The molecule has 1 amide bonds. The third-order valence-corrected chi connectivity index (χ3v) is 7.84. The number of nitrogens with zero attached hydrogens (tertiary/aromatic N) is 1. The van der Waals surface area contributed by atoms with E-state index in [9.17, 15) is 4.79 Å². The summed E-state index contributed by atoms with van der Waals surface area (Å²) in [5.41, 5.74) is 1.65. The van der Waals surface area contributed by atoms with Gasteiger partial charge in [-0.2, -0.15) is 0 Å². The SMILES string of the molecule is CCC(CC)(CNC(=O)c1cc2c(s1)CCCCCC2)CN1CCCC1.